The molecule has 1 N–H and O–H groups in total. The number of fused-ring (bicyclic) bond motifs is 1. The van der Waals surface area contributed by atoms with Crippen LogP contribution in [0.1, 0.15) is 37.3 Å². The van der Waals surface area contributed by atoms with E-state index < -0.39 is 6.09 Å². The van der Waals surface area contributed by atoms with Crippen LogP contribution >= 0.6 is 0 Å². The van der Waals surface area contributed by atoms with Crippen LogP contribution < -0.4 is 20.1 Å². The number of amides is 1. The van der Waals surface area contributed by atoms with Gasteiger partial charge >= 0.3 is 11.8 Å². The molecule has 0 aliphatic carbocycles. The molecule has 4 aromatic rings. The monoisotopic (exact) mass is 567 g/mol. The minimum absolute atomic E-state index is 0.140. The maximum absolute atomic E-state index is 13.4. The first-order chi connectivity index (χ1) is 20.2. The van der Waals surface area contributed by atoms with Gasteiger partial charge < -0.3 is 19.3 Å². The summed E-state index contributed by atoms with van der Waals surface area (Å²) >= 11 is 0. The molecular formula is C34H39N4O4+. The minimum Gasteiger partial charge on any atom is -0.481 e. The first-order valence-corrected chi connectivity index (χ1v) is 14.2. The maximum Gasteiger partial charge on any atom is 0.414 e. The molecule has 0 bridgehead atoms. The van der Waals surface area contributed by atoms with Crippen molar-refractivity contribution in [2.75, 3.05) is 40.8 Å². The Balaban J connectivity index is 1.60. The fourth-order valence-corrected chi connectivity index (χ4v) is 4.66. The first kappa shape index (κ1) is 30.4. The number of carbonyl (C=O) groups excluding carboxylic acids is 1. The number of rotatable bonds is 11. The van der Waals surface area contributed by atoms with E-state index >= 15 is 0 Å². The number of benzene rings is 3. The van der Waals surface area contributed by atoms with Gasteiger partial charge in [-0.3, -0.25) is 4.57 Å². The number of hydrogen-bond donors (Lipinski definition) is 1. The van der Waals surface area contributed by atoms with Crippen molar-refractivity contribution in [3.8, 4) is 35.1 Å². The van der Waals surface area contributed by atoms with Crippen molar-refractivity contribution in [3.05, 3.63) is 88.3 Å². The number of nitrogens with one attached hydrogen (secondary N) is 1. The molecule has 8 nitrogen and oxygen atoms in total. The normalized spacial score (nSPS) is 11.1. The third kappa shape index (κ3) is 7.56. The highest BCUT2D eigenvalue weighted by atomic mass is 16.6. The summed E-state index contributed by atoms with van der Waals surface area (Å²) in [4.78, 5) is 33.3. The van der Waals surface area contributed by atoms with E-state index in [1.54, 1.807) is 34.7 Å². The highest BCUT2D eigenvalue weighted by molar-refractivity contribution is 5.93. The number of quaternary nitrogens is 1. The van der Waals surface area contributed by atoms with Crippen molar-refractivity contribution >= 4 is 17.0 Å². The van der Waals surface area contributed by atoms with E-state index in [0.29, 0.717) is 36.2 Å². The van der Waals surface area contributed by atoms with Gasteiger partial charge in [0.05, 0.1) is 38.4 Å². The van der Waals surface area contributed by atoms with Crippen LogP contribution in [0, 0.1) is 12.3 Å². The Morgan fingerprint density at radius 2 is 1.74 bits per heavy atom. The van der Waals surface area contributed by atoms with Gasteiger partial charge in [0, 0.05) is 31.0 Å². The summed E-state index contributed by atoms with van der Waals surface area (Å²) in [6.45, 7) is 6.31. The number of hydrogen-bond acceptors (Lipinski definition) is 5. The predicted molar refractivity (Wildman–Crippen MR) is 166 cm³/mol. The average molecular weight is 568 g/mol. The zero-order valence-electron chi connectivity index (χ0n) is 25.0. The summed E-state index contributed by atoms with van der Waals surface area (Å²) in [6, 6.07) is 20.8. The second-order valence-electron chi connectivity index (χ2n) is 11.0. The van der Waals surface area contributed by atoms with Crippen LogP contribution in [0.4, 0.5) is 4.79 Å². The number of aromatic nitrogens is 2. The SMILES string of the molecule is C#CCOc1ccc2c(c1)c(-c1ccc(C(C)C)cc1)nc(=O)n2Cc1ccc(OC(=O)N(C)CCC[NH+](C)C)cc1. The predicted octanol–water partition coefficient (Wildman–Crippen LogP) is 4.21. The number of nitrogens with zero attached hydrogens (tertiary/aromatic N) is 3. The maximum atomic E-state index is 13.4. The van der Waals surface area contributed by atoms with Gasteiger partial charge in [-0.1, -0.05) is 56.2 Å². The summed E-state index contributed by atoms with van der Waals surface area (Å²) in [5.74, 6) is 3.93. The molecule has 0 aliphatic rings. The summed E-state index contributed by atoms with van der Waals surface area (Å²) in [5.41, 5.74) is 3.87. The Morgan fingerprint density at radius 3 is 2.38 bits per heavy atom. The summed E-state index contributed by atoms with van der Waals surface area (Å²) in [5, 5.41) is 0.783. The Kier molecular flexibility index (Phi) is 10.00. The zero-order chi connectivity index (χ0) is 30.2. The van der Waals surface area contributed by atoms with Gasteiger partial charge in [-0.2, -0.15) is 4.98 Å². The second kappa shape index (κ2) is 13.8. The highest BCUT2D eigenvalue weighted by Crippen LogP contribution is 2.30. The molecule has 1 amide bonds. The molecule has 1 heterocycles. The summed E-state index contributed by atoms with van der Waals surface area (Å²) < 4.78 is 12.9. The minimum atomic E-state index is -0.400. The van der Waals surface area contributed by atoms with Crippen molar-refractivity contribution in [1.82, 2.24) is 14.5 Å². The molecule has 0 unspecified atom stereocenters. The van der Waals surface area contributed by atoms with Gasteiger partial charge in [-0.15, -0.1) is 6.42 Å². The van der Waals surface area contributed by atoms with Crippen LogP contribution in [-0.2, 0) is 6.54 Å². The average Bonchev–Trinajstić information content (AvgIpc) is 2.98. The number of ether oxygens (including phenoxy) is 2. The van der Waals surface area contributed by atoms with Gasteiger partial charge in [0.2, 0.25) is 0 Å². The van der Waals surface area contributed by atoms with Crippen molar-refractivity contribution in [2.24, 2.45) is 0 Å². The van der Waals surface area contributed by atoms with Gasteiger partial charge in [-0.05, 0) is 47.4 Å². The molecule has 42 heavy (non-hydrogen) atoms. The van der Waals surface area contributed by atoms with Crippen molar-refractivity contribution in [2.45, 2.75) is 32.7 Å². The fraction of sp³-hybridized carbons (Fsp3) is 0.324. The van der Waals surface area contributed by atoms with E-state index in [9.17, 15) is 9.59 Å². The Labute approximate surface area is 247 Å². The molecule has 0 saturated heterocycles. The molecule has 218 valence electrons. The van der Waals surface area contributed by atoms with Crippen LogP contribution in [-0.4, -0.2) is 61.4 Å². The Hall–Kier alpha value is -4.61. The zero-order valence-corrected chi connectivity index (χ0v) is 25.0. The molecule has 0 radical (unpaired) electrons. The Morgan fingerprint density at radius 1 is 1.05 bits per heavy atom. The highest BCUT2D eigenvalue weighted by Gasteiger charge is 2.16. The molecule has 0 aliphatic heterocycles. The van der Waals surface area contributed by atoms with Crippen LogP contribution in [0.2, 0.25) is 0 Å². The molecule has 3 aromatic carbocycles. The first-order valence-electron chi connectivity index (χ1n) is 14.2. The van der Waals surface area contributed by atoms with Crippen LogP contribution in [0.5, 0.6) is 11.5 Å². The molecular weight excluding hydrogens is 528 g/mol. The lowest BCUT2D eigenvalue weighted by Crippen LogP contribution is -3.05. The van der Waals surface area contributed by atoms with Gasteiger partial charge in [0.25, 0.3) is 0 Å². The quantitative estimate of drug-likeness (QED) is 0.275. The molecule has 0 saturated carbocycles. The van der Waals surface area contributed by atoms with E-state index in [1.165, 1.54) is 10.5 Å². The largest absolute Gasteiger partial charge is 0.481 e. The van der Waals surface area contributed by atoms with E-state index in [2.05, 4.69) is 51.0 Å². The molecule has 0 spiro atoms. The van der Waals surface area contributed by atoms with Gasteiger partial charge in [0.1, 0.15) is 18.1 Å². The second-order valence-corrected chi connectivity index (χ2v) is 11.0. The standard InChI is InChI=1S/C34H38N4O4/c1-7-21-41-29-17-18-31-30(22-29)32(27-13-11-26(12-14-27)24(2)3)35-33(39)38(31)23-25-9-15-28(16-10-25)42-34(40)37(6)20-8-19-36(4)5/h1,9-18,22,24H,8,19-21,23H2,2-6H3/p+1. The lowest BCUT2D eigenvalue weighted by molar-refractivity contribution is -0.858. The molecule has 0 atom stereocenters. The van der Waals surface area contributed by atoms with E-state index in [4.69, 9.17) is 15.9 Å². The topological polar surface area (TPSA) is 78.1 Å². The lowest BCUT2D eigenvalue weighted by Gasteiger charge is -2.17. The molecule has 8 heteroatoms. The van der Waals surface area contributed by atoms with Crippen molar-refractivity contribution < 1.29 is 19.2 Å². The van der Waals surface area contributed by atoms with Crippen molar-refractivity contribution in [1.29, 1.82) is 0 Å². The lowest BCUT2D eigenvalue weighted by atomic mass is 9.99. The summed E-state index contributed by atoms with van der Waals surface area (Å²) in [7, 11) is 5.90. The molecule has 1 aromatic heterocycles. The fourth-order valence-electron chi connectivity index (χ4n) is 4.66. The van der Waals surface area contributed by atoms with Crippen LogP contribution in [0.3, 0.4) is 0 Å². The number of carbonyl (C=O) groups is 1. The molecule has 4 rings (SSSR count). The van der Waals surface area contributed by atoms with E-state index in [1.807, 2.05) is 36.4 Å². The van der Waals surface area contributed by atoms with Crippen LogP contribution in [0.15, 0.2) is 71.5 Å². The van der Waals surface area contributed by atoms with E-state index in [-0.39, 0.29) is 12.3 Å². The van der Waals surface area contributed by atoms with Gasteiger partial charge in [0.15, 0.2) is 0 Å². The van der Waals surface area contributed by atoms with E-state index in [0.717, 1.165) is 35.0 Å². The van der Waals surface area contributed by atoms with Crippen LogP contribution in [0.25, 0.3) is 22.2 Å². The molecule has 0 fully saturated rings. The third-order valence-corrected chi connectivity index (χ3v) is 7.08. The smallest absolute Gasteiger partial charge is 0.414 e. The Bertz CT molecular complexity index is 1620. The summed E-state index contributed by atoms with van der Waals surface area (Å²) in [6.07, 6.45) is 5.89. The van der Waals surface area contributed by atoms with Crippen molar-refractivity contribution in [3.63, 3.8) is 0 Å². The van der Waals surface area contributed by atoms with Gasteiger partial charge in [-0.25, -0.2) is 9.59 Å². The third-order valence-electron chi connectivity index (χ3n) is 7.08. The number of terminal acetylenes is 1.